The molecule has 0 saturated carbocycles. The molecule has 1 saturated heterocycles. The molecule has 1 fully saturated rings. The first-order valence-electron chi connectivity index (χ1n) is 6.31. The molecule has 0 aliphatic carbocycles. The quantitative estimate of drug-likeness (QED) is 0.917. The highest BCUT2D eigenvalue weighted by atomic mass is 19.2. The van der Waals surface area contributed by atoms with E-state index in [0.717, 1.165) is 12.5 Å². The second kappa shape index (κ2) is 5.25. The molecule has 0 aromatic heterocycles. The average molecular weight is 269 g/mol. The molecule has 0 bridgehead atoms. The highest BCUT2D eigenvalue weighted by Crippen LogP contribution is 2.30. The van der Waals surface area contributed by atoms with Crippen LogP contribution < -0.4 is 0 Å². The van der Waals surface area contributed by atoms with Crippen molar-refractivity contribution in [3.63, 3.8) is 0 Å². The van der Waals surface area contributed by atoms with Gasteiger partial charge in [-0.3, -0.25) is 9.69 Å². The van der Waals surface area contributed by atoms with E-state index in [0.29, 0.717) is 19.5 Å². The predicted octanol–water partition coefficient (Wildman–Crippen LogP) is 2.65. The number of likely N-dealkylation sites (tertiary alicyclic amines) is 1. The van der Waals surface area contributed by atoms with Crippen molar-refractivity contribution in [3.05, 3.63) is 35.4 Å². The van der Waals surface area contributed by atoms with Crippen molar-refractivity contribution in [3.8, 4) is 0 Å². The van der Waals surface area contributed by atoms with Crippen LogP contribution in [0.25, 0.3) is 0 Å². The van der Waals surface area contributed by atoms with E-state index in [9.17, 15) is 18.7 Å². The Morgan fingerprint density at radius 2 is 2.21 bits per heavy atom. The lowest BCUT2D eigenvalue weighted by molar-refractivity contribution is -0.151. The number of rotatable bonds is 3. The Bertz CT molecular complexity index is 492. The maximum absolute atomic E-state index is 13.6. The molecule has 1 aromatic carbocycles. The van der Waals surface area contributed by atoms with Crippen molar-refractivity contribution >= 4 is 5.97 Å². The number of piperidine rings is 1. The Labute approximate surface area is 110 Å². The van der Waals surface area contributed by atoms with E-state index in [-0.39, 0.29) is 12.1 Å². The van der Waals surface area contributed by atoms with Crippen LogP contribution in [-0.2, 0) is 11.3 Å². The van der Waals surface area contributed by atoms with Crippen LogP contribution in [0.3, 0.4) is 0 Å². The zero-order valence-corrected chi connectivity index (χ0v) is 10.8. The van der Waals surface area contributed by atoms with E-state index in [1.807, 2.05) is 4.90 Å². The van der Waals surface area contributed by atoms with Crippen LogP contribution >= 0.6 is 0 Å². The topological polar surface area (TPSA) is 40.5 Å². The molecule has 1 aliphatic heterocycles. The number of carbonyl (C=O) groups is 1. The van der Waals surface area contributed by atoms with Gasteiger partial charge in [-0.05, 0) is 32.4 Å². The van der Waals surface area contributed by atoms with E-state index >= 15 is 0 Å². The van der Waals surface area contributed by atoms with Gasteiger partial charge in [-0.25, -0.2) is 8.78 Å². The summed E-state index contributed by atoms with van der Waals surface area (Å²) in [6.07, 6.45) is 1.37. The smallest absolute Gasteiger partial charge is 0.310 e. The summed E-state index contributed by atoms with van der Waals surface area (Å²) < 4.78 is 26.7. The van der Waals surface area contributed by atoms with Crippen molar-refractivity contribution in [1.82, 2.24) is 4.90 Å². The fraction of sp³-hybridized carbons (Fsp3) is 0.500. The minimum Gasteiger partial charge on any atom is -0.481 e. The number of carboxylic acids is 1. The van der Waals surface area contributed by atoms with Gasteiger partial charge in [-0.2, -0.15) is 0 Å². The summed E-state index contributed by atoms with van der Waals surface area (Å²) >= 11 is 0. The van der Waals surface area contributed by atoms with Crippen molar-refractivity contribution in [1.29, 1.82) is 0 Å². The minimum absolute atomic E-state index is 0.243. The molecule has 0 radical (unpaired) electrons. The fourth-order valence-corrected chi connectivity index (χ4v) is 2.57. The standard InChI is InChI=1S/C14H17F2NO2/c1-14(13(18)19)6-3-7-17(9-14)8-10-4-2-5-11(15)12(10)16/h2,4-5H,3,6-9H2,1H3,(H,18,19). The first-order chi connectivity index (χ1) is 8.92. The molecular formula is C14H17F2NO2. The molecule has 104 valence electrons. The average Bonchev–Trinajstić information content (AvgIpc) is 2.35. The fourth-order valence-electron chi connectivity index (χ4n) is 2.57. The number of hydrogen-bond acceptors (Lipinski definition) is 2. The van der Waals surface area contributed by atoms with Crippen molar-refractivity contribution in [2.24, 2.45) is 5.41 Å². The van der Waals surface area contributed by atoms with E-state index in [2.05, 4.69) is 0 Å². The monoisotopic (exact) mass is 269 g/mol. The number of hydrogen-bond donors (Lipinski definition) is 1. The maximum Gasteiger partial charge on any atom is 0.310 e. The highest BCUT2D eigenvalue weighted by molar-refractivity contribution is 5.74. The van der Waals surface area contributed by atoms with Gasteiger partial charge in [-0.15, -0.1) is 0 Å². The summed E-state index contributed by atoms with van der Waals surface area (Å²) in [5.74, 6) is -2.54. The van der Waals surface area contributed by atoms with Crippen LogP contribution in [0.15, 0.2) is 18.2 Å². The van der Waals surface area contributed by atoms with E-state index in [1.54, 1.807) is 6.92 Å². The Balaban J connectivity index is 2.11. The van der Waals surface area contributed by atoms with E-state index < -0.39 is 23.0 Å². The summed E-state index contributed by atoms with van der Waals surface area (Å²) in [4.78, 5) is 13.1. The summed E-state index contributed by atoms with van der Waals surface area (Å²) in [6, 6.07) is 4.08. The molecule has 5 heteroatoms. The van der Waals surface area contributed by atoms with Gasteiger partial charge in [0.25, 0.3) is 0 Å². The van der Waals surface area contributed by atoms with Crippen LogP contribution in [0.4, 0.5) is 8.78 Å². The Kier molecular flexibility index (Phi) is 3.85. The molecule has 1 aromatic rings. The van der Waals surface area contributed by atoms with E-state index in [4.69, 9.17) is 0 Å². The van der Waals surface area contributed by atoms with Crippen LogP contribution in [0.2, 0.25) is 0 Å². The Morgan fingerprint density at radius 3 is 2.89 bits per heavy atom. The normalized spacial score (nSPS) is 24.4. The van der Waals surface area contributed by atoms with Gasteiger partial charge >= 0.3 is 5.97 Å². The number of carboxylic acid groups (broad SMARTS) is 1. The van der Waals surface area contributed by atoms with Crippen LogP contribution in [-0.4, -0.2) is 29.1 Å². The molecule has 1 N–H and O–H groups in total. The molecule has 1 atom stereocenters. The molecule has 1 aliphatic rings. The van der Waals surface area contributed by atoms with Crippen molar-refractivity contribution in [2.45, 2.75) is 26.3 Å². The van der Waals surface area contributed by atoms with Crippen LogP contribution in [0, 0.1) is 17.0 Å². The third-order valence-corrected chi connectivity index (χ3v) is 3.72. The van der Waals surface area contributed by atoms with Crippen LogP contribution in [0.5, 0.6) is 0 Å². The number of aliphatic carboxylic acids is 1. The molecule has 2 rings (SSSR count). The molecule has 0 spiro atoms. The molecule has 1 heterocycles. The van der Waals surface area contributed by atoms with Gasteiger partial charge < -0.3 is 5.11 Å². The van der Waals surface area contributed by atoms with Crippen LogP contribution in [0.1, 0.15) is 25.3 Å². The minimum atomic E-state index is -0.865. The van der Waals surface area contributed by atoms with Gasteiger partial charge in [0.1, 0.15) is 0 Å². The summed E-state index contributed by atoms with van der Waals surface area (Å²) in [5, 5.41) is 9.22. The number of nitrogens with zero attached hydrogens (tertiary/aromatic N) is 1. The van der Waals surface area contributed by atoms with Crippen molar-refractivity contribution < 1.29 is 18.7 Å². The lowest BCUT2D eigenvalue weighted by Crippen LogP contribution is -2.45. The third-order valence-electron chi connectivity index (χ3n) is 3.72. The number of benzene rings is 1. The maximum atomic E-state index is 13.6. The number of halogens is 2. The summed E-state index contributed by atoms with van der Waals surface area (Å²) in [6.45, 7) is 3.01. The lowest BCUT2D eigenvalue weighted by Gasteiger charge is -2.37. The third kappa shape index (κ3) is 2.92. The van der Waals surface area contributed by atoms with Gasteiger partial charge in [0.2, 0.25) is 0 Å². The zero-order valence-electron chi connectivity index (χ0n) is 10.8. The largest absolute Gasteiger partial charge is 0.481 e. The molecule has 1 unspecified atom stereocenters. The molecule has 0 amide bonds. The van der Waals surface area contributed by atoms with E-state index in [1.165, 1.54) is 12.1 Å². The van der Waals surface area contributed by atoms with Gasteiger partial charge in [-0.1, -0.05) is 12.1 Å². The Hall–Kier alpha value is -1.49. The second-order valence-electron chi connectivity index (χ2n) is 5.39. The summed E-state index contributed by atoms with van der Waals surface area (Å²) in [5.41, 5.74) is -0.531. The zero-order chi connectivity index (χ0) is 14.0. The first kappa shape index (κ1) is 13.9. The van der Waals surface area contributed by atoms with Gasteiger partial charge in [0.15, 0.2) is 11.6 Å². The Morgan fingerprint density at radius 1 is 1.47 bits per heavy atom. The predicted molar refractivity (Wildman–Crippen MR) is 66.6 cm³/mol. The lowest BCUT2D eigenvalue weighted by atomic mass is 9.82. The molecule has 3 nitrogen and oxygen atoms in total. The van der Waals surface area contributed by atoms with Gasteiger partial charge in [0.05, 0.1) is 5.41 Å². The molecular weight excluding hydrogens is 252 g/mol. The second-order valence-corrected chi connectivity index (χ2v) is 5.39. The first-order valence-corrected chi connectivity index (χ1v) is 6.31. The van der Waals surface area contributed by atoms with Crippen molar-refractivity contribution in [2.75, 3.05) is 13.1 Å². The highest BCUT2D eigenvalue weighted by Gasteiger charge is 2.37. The molecule has 19 heavy (non-hydrogen) atoms. The SMILES string of the molecule is CC1(C(=O)O)CCCN(Cc2cccc(F)c2F)C1. The summed E-state index contributed by atoms with van der Waals surface area (Å²) in [7, 11) is 0. The van der Waals surface area contributed by atoms with Gasteiger partial charge in [0, 0.05) is 18.7 Å².